The van der Waals surface area contributed by atoms with Crippen molar-refractivity contribution >= 4 is 28.5 Å². The first kappa shape index (κ1) is 20.9. The first-order valence-electron chi connectivity index (χ1n) is 11.9. The summed E-state index contributed by atoms with van der Waals surface area (Å²) in [7, 11) is 0. The van der Waals surface area contributed by atoms with Gasteiger partial charge in [-0.3, -0.25) is 4.79 Å². The minimum Gasteiger partial charge on any atom is -0.356 e. The highest BCUT2D eigenvalue weighted by Gasteiger charge is 2.21. The molecular weight excluding hydrogens is 428 g/mol. The van der Waals surface area contributed by atoms with E-state index in [1.54, 1.807) is 17.1 Å². The zero-order chi connectivity index (χ0) is 23.2. The number of rotatable bonds is 5. The summed E-state index contributed by atoms with van der Waals surface area (Å²) >= 11 is 0. The Labute approximate surface area is 197 Å². The topological polar surface area (TPSA) is 92.9 Å². The highest BCUT2D eigenvalue weighted by Crippen LogP contribution is 2.25. The number of pyridine rings is 1. The summed E-state index contributed by atoms with van der Waals surface area (Å²) in [4.78, 5) is 29.3. The van der Waals surface area contributed by atoms with Gasteiger partial charge in [-0.2, -0.15) is 4.98 Å². The van der Waals surface area contributed by atoms with E-state index in [1.807, 2.05) is 30.7 Å². The van der Waals surface area contributed by atoms with Crippen LogP contribution in [0.15, 0.2) is 47.5 Å². The minimum atomic E-state index is -0.0984. The van der Waals surface area contributed by atoms with Gasteiger partial charge in [-0.15, -0.1) is 0 Å². The molecule has 1 fully saturated rings. The summed E-state index contributed by atoms with van der Waals surface area (Å²) in [6.45, 7) is 7.89. The molecule has 0 radical (unpaired) electrons. The van der Waals surface area contributed by atoms with Crippen molar-refractivity contribution in [3.8, 4) is 5.69 Å². The molecule has 0 saturated carbocycles. The molecule has 0 aliphatic carbocycles. The van der Waals surface area contributed by atoms with Gasteiger partial charge in [0.25, 0.3) is 5.56 Å². The fraction of sp³-hybridized carbons (Fsp3) is 0.360. The smallest absolute Gasteiger partial charge is 0.278 e. The van der Waals surface area contributed by atoms with Crippen LogP contribution in [0.25, 0.3) is 16.7 Å². The maximum Gasteiger partial charge on any atom is 0.278 e. The van der Waals surface area contributed by atoms with Gasteiger partial charge in [-0.25, -0.2) is 19.3 Å². The van der Waals surface area contributed by atoms with Gasteiger partial charge in [0.05, 0.1) is 5.69 Å². The Bertz CT molecular complexity index is 1430. The van der Waals surface area contributed by atoms with Gasteiger partial charge < -0.3 is 15.5 Å². The van der Waals surface area contributed by atoms with Crippen LogP contribution in [0.4, 0.5) is 17.5 Å². The van der Waals surface area contributed by atoms with E-state index in [2.05, 4.69) is 43.7 Å². The van der Waals surface area contributed by atoms with E-state index in [4.69, 9.17) is 4.98 Å². The average Bonchev–Trinajstić information content (AvgIpc) is 3.10. The molecule has 2 aliphatic rings. The Balaban J connectivity index is 1.44. The number of fused-ring (bicyclic) bond motifs is 2. The number of anilines is 3. The lowest BCUT2D eigenvalue weighted by atomic mass is 10.0. The van der Waals surface area contributed by atoms with E-state index in [1.165, 1.54) is 17.5 Å². The summed E-state index contributed by atoms with van der Waals surface area (Å²) in [5.74, 6) is 1.38. The maximum absolute atomic E-state index is 13.3. The van der Waals surface area contributed by atoms with Crippen LogP contribution in [0.5, 0.6) is 0 Å². The monoisotopic (exact) mass is 456 g/mol. The highest BCUT2D eigenvalue weighted by atomic mass is 16.1. The number of aromatic nitrogens is 5. The fourth-order valence-electron chi connectivity index (χ4n) is 4.72. The number of hydrogen-bond acceptors (Lipinski definition) is 7. The predicted molar refractivity (Wildman–Crippen MR) is 133 cm³/mol. The van der Waals surface area contributed by atoms with E-state index in [-0.39, 0.29) is 11.6 Å². The molecule has 4 aromatic rings. The van der Waals surface area contributed by atoms with Crippen molar-refractivity contribution < 1.29 is 0 Å². The van der Waals surface area contributed by atoms with Crippen LogP contribution in [0.2, 0.25) is 0 Å². The molecule has 5 heterocycles. The first-order valence-corrected chi connectivity index (χ1v) is 11.9. The summed E-state index contributed by atoms with van der Waals surface area (Å²) in [5, 5.41) is 7.25. The minimum absolute atomic E-state index is 0.0492. The quantitative estimate of drug-likeness (QED) is 0.477. The van der Waals surface area contributed by atoms with E-state index < -0.39 is 0 Å². The Morgan fingerprint density at radius 3 is 2.76 bits per heavy atom. The second kappa shape index (κ2) is 8.25. The van der Waals surface area contributed by atoms with E-state index in [0.29, 0.717) is 17.0 Å². The molecule has 2 N–H and O–H groups in total. The van der Waals surface area contributed by atoms with E-state index >= 15 is 0 Å². The molecule has 3 aromatic heterocycles. The van der Waals surface area contributed by atoms with E-state index in [0.717, 1.165) is 49.8 Å². The van der Waals surface area contributed by atoms with Crippen molar-refractivity contribution in [2.45, 2.75) is 39.3 Å². The standard InChI is InChI=1S/C25H28N8O/c1-16(2)32-24(34)21-15-28-25(29-19-5-4-17-6-8-26-14-18(17)12-19)30-23(21)33(32)20-7-9-27-22(13-20)31-10-3-11-31/h4-5,7,9,12-13,15-16,26H,3,6,8,10-11,14H2,1-2H3,(H,28,29,30). The van der Waals surface area contributed by atoms with Crippen LogP contribution in [-0.4, -0.2) is 43.9 Å². The lowest BCUT2D eigenvalue weighted by Crippen LogP contribution is -2.37. The van der Waals surface area contributed by atoms with Crippen LogP contribution in [0.3, 0.4) is 0 Å². The van der Waals surface area contributed by atoms with Gasteiger partial charge in [0, 0.05) is 49.8 Å². The van der Waals surface area contributed by atoms with Gasteiger partial charge in [-0.05, 0) is 62.6 Å². The fourth-order valence-corrected chi connectivity index (χ4v) is 4.72. The first-order chi connectivity index (χ1) is 16.6. The molecule has 0 bridgehead atoms. The summed E-state index contributed by atoms with van der Waals surface area (Å²) in [6, 6.07) is 10.3. The highest BCUT2D eigenvalue weighted by molar-refractivity contribution is 5.77. The molecule has 9 nitrogen and oxygen atoms in total. The number of nitrogens with zero attached hydrogens (tertiary/aromatic N) is 6. The third-order valence-electron chi connectivity index (χ3n) is 6.62. The second-order valence-corrected chi connectivity index (χ2v) is 9.23. The zero-order valence-electron chi connectivity index (χ0n) is 19.5. The molecule has 6 rings (SSSR count). The molecule has 1 aromatic carbocycles. The van der Waals surface area contributed by atoms with Gasteiger partial charge in [-0.1, -0.05) is 6.07 Å². The molecule has 174 valence electrons. The molecule has 0 amide bonds. The largest absolute Gasteiger partial charge is 0.356 e. The number of benzene rings is 1. The molecule has 0 spiro atoms. The van der Waals surface area contributed by atoms with Crippen molar-refractivity contribution in [2.75, 3.05) is 29.9 Å². The zero-order valence-corrected chi connectivity index (χ0v) is 19.5. The van der Waals surface area contributed by atoms with Crippen LogP contribution < -0.4 is 21.1 Å². The number of nitrogens with one attached hydrogen (secondary N) is 2. The number of hydrogen-bond donors (Lipinski definition) is 2. The third-order valence-corrected chi connectivity index (χ3v) is 6.62. The van der Waals surface area contributed by atoms with Crippen molar-refractivity contribution in [2.24, 2.45) is 0 Å². The van der Waals surface area contributed by atoms with Crippen LogP contribution in [0, 0.1) is 0 Å². The summed E-state index contributed by atoms with van der Waals surface area (Å²) < 4.78 is 3.64. The Morgan fingerprint density at radius 2 is 1.97 bits per heavy atom. The molecule has 9 heteroatoms. The maximum atomic E-state index is 13.3. The Hall–Kier alpha value is -3.72. The predicted octanol–water partition coefficient (Wildman–Crippen LogP) is 3.16. The Kier molecular flexibility index (Phi) is 5.06. The average molecular weight is 457 g/mol. The lowest BCUT2D eigenvalue weighted by Gasteiger charge is -2.32. The van der Waals surface area contributed by atoms with Crippen molar-refractivity contribution in [3.05, 3.63) is 64.2 Å². The Morgan fingerprint density at radius 1 is 1.09 bits per heavy atom. The second-order valence-electron chi connectivity index (χ2n) is 9.23. The normalized spacial score (nSPS) is 15.4. The van der Waals surface area contributed by atoms with Gasteiger partial charge >= 0.3 is 0 Å². The SMILES string of the molecule is CC(C)n1c(=O)c2cnc(Nc3ccc4c(c3)CNCC4)nc2n1-c1ccnc(N2CCC2)c1. The van der Waals surface area contributed by atoms with Gasteiger partial charge in [0.2, 0.25) is 5.95 Å². The van der Waals surface area contributed by atoms with E-state index in [9.17, 15) is 4.79 Å². The van der Waals surface area contributed by atoms with Crippen molar-refractivity contribution in [1.82, 2.24) is 29.6 Å². The van der Waals surface area contributed by atoms with Crippen LogP contribution in [-0.2, 0) is 13.0 Å². The molecule has 34 heavy (non-hydrogen) atoms. The molecule has 0 unspecified atom stereocenters. The summed E-state index contributed by atoms with van der Waals surface area (Å²) in [6.07, 6.45) is 5.64. The van der Waals surface area contributed by atoms with Crippen LogP contribution in [0.1, 0.15) is 37.4 Å². The molecular formula is C25H28N8O. The van der Waals surface area contributed by atoms with Gasteiger partial charge in [0.1, 0.15) is 11.2 Å². The molecule has 0 atom stereocenters. The molecule has 2 aliphatic heterocycles. The van der Waals surface area contributed by atoms with Gasteiger partial charge in [0.15, 0.2) is 5.65 Å². The summed E-state index contributed by atoms with van der Waals surface area (Å²) in [5.41, 5.74) is 4.94. The lowest BCUT2D eigenvalue weighted by molar-refractivity contribution is 0.475. The molecule has 1 saturated heterocycles. The van der Waals surface area contributed by atoms with Crippen LogP contribution >= 0.6 is 0 Å². The van der Waals surface area contributed by atoms with Crippen molar-refractivity contribution in [3.63, 3.8) is 0 Å². The third kappa shape index (κ3) is 3.52. The van der Waals surface area contributed by atoms with Crippen molar-refractivity contribution in [1.29, 1.82) is 0 Å².